The summed E-state index contributed by atoms with van der Waals surface area (Å²) in [5, 5.41) is 14.5. The number of sulfonamides is 1. The van der Waals surface area contributed by atoms with Gasteiger partial charge in [-0.05, 0) is 61.7 Å². The van der Waals surface area contributed by atoms with Crippen LogP contribution in [0.25, 0.3) is 0 Å². The van der Waals surface area contributed by atoms with Crippen LogP contribution in [-0.4, -0.2) is 20.4 Å². The maximum Gasteiger partial charge on any atom is 0.293 e. The molecule has 26 heavy (non-hydrogen) atoms. The van der Waals surface area contributed by atoms with Crippen molar-refractivity contribution in [3.05, 3.63) is 63.5 Å². The third kappa shape index (κ3) is 3.54. The Kier molecular flexibility index (Phi) is 4.92. The molecule has 0 bridgehead atoms. The van der Waals surface area contributed by atoms with Gasteiger partial charge in [-0.2, -0.15) is 0 Å². The number of nitro groups is 1. The van der Waals surface area contributed by atoms with Gasteiger partial charge in [0.1, 0.15) is 11.5 Å². The first-order chi connectivity index (χ1) is 12.3. The fraction of sp³-hybridized carbons (Fsp3) is 0.294. The van der Waals surface area contributed by atoms with Gasteiger partial charge in [-0.3, -0.25) is 10.1 Å². The maximum absolute atomic E-state index is 13.6. The lowest BCUT2D eigenvalue weighted by molar-refractivity contribution is -0.384. The molecule has 3 rings (SSSR count). The molecule has 0 aromatic heterocycles. The fourth-order valence-corrected chi connectivity index (χ4v) is 3.93. The van der Waals surface area contributed by atoms with E-state index in [9.17, 15) is 22.9 Å². The number of hydrogen-bond donors (Lipinski definition) is 2. The summed E-state index contributed by atoms with van der Waals surface area (Å²) >= 11 is 0. The highest BCUT2D eigenvalue weighted by molar-refractivity contribution is 7.89. The molecule has 2 N–H and O–H groups in total. The SMILES string of the molecule is CNS(=O)(=O)c1ccc(NC2CCCc3ccc(F)cc32)c([N+](=O)[O-])c1. The number of hydrogen-bond acceptors (Lipinski definition) is 5. The molecule has 1 atom stereocenters. The van der Waals surface area contributed by atoms with Crippen molar-refractivity contribution in [2.24, 2.45) is 0 Å². The molecule has 138 valence electrons. The van der Waals surface area contributed by atoms with E-state index in [1.165, 1.54) is 31.3 Å². The van der Waals surface area contributed by atoms with Crippen LogP contribution in [0.15, 0.2) is 41.3 Å². The Morgan fingerprint density at radius 2 is 2.00 bits per heavy atom. The Hall–Kier alpha value is -2.52. The monoisotopic (exact) mass is 379 g/mol. The van der Waals surface area contributed by atoms with E-state index in [0.29, 0.717) is 6.42 Å². The molecule has 9 heteroatoms. The highest BCUT2D eigenvalue weighted by Gasteiger charge is 2.25. The van der Waals surface area contributed by atoms with E-state index in [2.05, 4.69) is 10.0 Å². The average molecular weight is 379 g/mol. The standard InChI is InChI=1S/C17H18FN3O4S/c1-19-26(24,25)13-7-8-16(17(10-13)21(22)23)20-15-4-2-3-11-5-6-12(18)9-14(11)15/h5-10,15,19-20H,2-4H2,1H3. The normalized spacial score (nSPS) is 16.8. The molecule has 0 aliphatic heterocycles. The minimum atomic E-state index is -3.79. The average Bonchev–Trinajstić information content (AvgIpc) is 2.62. The van der Waals surface area contributed by atoms with Crippen molar-refractivity contribution in [1.29, 1.82) is 0 Å². The summed E-state index contributed by atoms with van der Waals surface area (Å²) in [5.74, 6) is -0.359. The number of aryl methyl sites for hydroxylation is 1. The lowest BCUT2D eigenvalue weighted by atomic mass is 9.87. The topological polar surface area (TPSA) is 101 Å². The number of nitrogens with one attached hydrogen (secondary N) is 2. The number of rotatable bonds is 5. The first-order valence-corrected chi connectivity index (χ1v) is 9.57. The third-order valence-electron chi connectivity index (χ3n) is 4.50. The van der Waals surface area contributed by atoms with Gasteiger partial charge in [-0.25, -0.2) is 17.5 Å². The largest absolute Gasteiger partial charge is 0.373 e. The molecule has 0 fully saturated rings. The summed E-state index contributed by atoms with van der Waals surface area (Å²) in [6, 6.07) is 7.99. The second-order valence-corrected chi connectivity index (χ2v) is 7.96. The number of nitro benzene ring substituents is 1. The van der Waals surface area contributed by atoms with Gasteiger partial charge >= 0.3 is 0 Å². The van der Waals surface area contributed by atoms with Gasteiger partial charge in [-0.15, -0.1) is 0 Å². The van der Waals surface area contributed by atoms with Gasteiger partial charge in [0.25, 0.3) is 5.69 Å². The number of fused-ring (bicyclic) bond motifs is 1. The predicted octanol–water partition coefficient (Wildman–Crippen LogP) is 3.13. The van der Waals surface area contributed by atoms with E-state index in [0.717, 1.165) is 30.0 Å². The summed E-state index contributed by atoms with van der Waals surface area (Å²) in [4.78, 5) is 10.6. The summed E-state index contributed by atoms with van der Waals surface area (Å²) in [6.45, 7) is 0. The van der Waals surface area contributed by atoms with Gasteiger partial charge in [0, 0.05) is 6.07 Å². The van der Waals surface area contributed by atoms with Crippen LogP contribution in [0.1, 0.15) is 30.0 Å². The van der Waals surface area contributed by atoms with E-state index in [1.54, 1.807) is 6.07 Å². The Morgan fingerprint density at radius 1 is 1.23 bits per heavy atom. The predicted molar refractivity (Wildman–Crippen MR) is 95.0 cm³/mol. The number of benzene rings is 2. The molecule has 0 saturated heterocycles. The fourth-order valence-electron chi connectivity index (χ4n) is 3.18. The highest BCUT2D eigenvalue weighted by Crippen LogP contribution is 2.36. The van der Waals surface area contributed by atoms with E-state index in [4.69, 9.17) is 0 Å². The minimum absolute atomic E-state index is 0.188. The van der Waals surface area contributed by atoms with E-state index in [-0.39, 0.29) is 28.1 Å². The zero-order chi connectivity index (χ0) is 18.9. The number of halogens is 1. The van der Waals surface area contributed by atoms with Crippen LogP contribution >= 0.6 is 0 Å². The first kappa shape index (κ1) is 18.3. The van der Waals surface area contributed by atoms with Gasteiger partial charge in [-0.1, -0.05) is 6.07 Å². The van der Waals surface area contributed by atoms with E-state index in [1.807, 2.05) is 0 Å². The molecule has 2 aromatic carbocycles. The van der Waals surface area contributed by atoms with Crippen LogP contribution in [0.5, 0.6) is 0 Å². The molecule has 0 amide bonds. The third-order valence-corrected chi connectivity index (χ3v) is 5.91. The van der Waals surface area contributed by atoms with Crippen LogP contribution in [-0.2, 0) is 16.4 Å². The molecule has 0 saturated carbocycles. The highest BCUT2D eigenvalue weighted by atomic mass is 32.2. The maximum atomic E-state index is 13.6. The summed E-state index contributed by atoms with van der Waals surface area (Å²) in [5.41, 5.74) is 1.64. The van der Waals surface area contributed by atoms with Crippen LogP contribution in [0.4, 0.5) is 15.8 Å². The molecule has 0 spiro atoms. The van der Waals surface area contributed by atoms with Gasteiger partial charge < -0.3 is 5.32 Å². The van der Waals surface area contributed by atoms with Crippen LogP contribution < -0.4 is 10.0 Å². The molecule has 1 aliphatic carbocycles. The zero-order valence-corrected chi connectivity index (χ0v) is 14.8. The van der Waals surface area contributed by atoms with Crippen molar-refractivity contribution in [3.8, 4) is 0 Å². The molecule has 1 aliphatic rings. The van der Waals surface area contributed by atoms with Gasteiger partial charge in [0.05, 0.1) is 15.9 Å². The molecule has 7 nitrogen and oxygen atoms in total. The lowest BCUT2D eigenvalue weighted by Crippen LogP contribution is -2.20. The summed E-state index contributed by atoms with van der Waals surface area (Å²) in [7, 11) is -2.55. The zero-order valence-electron chi connectivity index (χ0n) is 14.0. The summed E-state index contributed by atoms with van der Waals surface area (Å²) < 4.78 is 39.5. The van der Waals surface area contributed by atoms with E-state index < -0.39 is 14.9 Å². The first-order valence-electron chi connectivity index (χ1n) is 8.08. The van der Waals surface area contributed by atoms with Crippen LogP contribution in [0.2, 0.25) is 0 Å². The molecule has 2 aromatic rings. The Labute approximate surface area is 150 Å². The van der Waals surface area contributed by atoms with Crippen LogP contribution in [0.3, 0.4) is 0 Å². The number of anilines is 1. The molecular weight excluding hydrogens is 361 g/mol. The van der Waals surface area contributed by atoms with Crippen molar-refractivity contribution in [2.45, 2.75) is 30.2 Å². The Balaban J connectivity index is 1.99. The Morgan fingerprint density at radius 3 is 2.69 bits per heavy atom. The second kappa shape index (κ2) is 7.00. The molecular formula is C17H18FN3O4S. The molecule has 0 radical (unpaired) electrons. The quantitative estimate of drug-likeness (QED) is 0.614. The van der Waals surface area contributed by atoms with Crippen molar-refractivity contribution in [2.75, 3.05) is 12.4 Å². The Bertz CT molecular complexity index is 962. The second-order valence-electron chi connectivity index (χ2n) is 6.08. The molecule has 0 heterocycles. The van der Waals surface area contributed by atoms with Gasteiger partial charge in [0.2, 0.25) is 10.0 Å². The summed E-state index contributed by atoms with van der Waals surface area (Å²) in [6.07, 6.45) is 2.40. The van der Waals surface area contributed by atoms with E-state index >= 15 is 0 Å². The smallest absolute Gasteiger partial charge is 0.293 e. The van der Waals surface area contributed by atoms with Crippen molar-refractivity contribution >= 4 is 21.4 Å². The lowest BCUT2D eigenvalue weighted by Gasteiger charge is -2.27. The van der Waals surface area contributed by atoms with Crippen molar-refractivity contribution < 1.29 is 17.7 Å². The minimum Gasteiger partial charge on any atom is -0.373 e. The van der Waals surface area contributed by atoms with Crippen molar-refractivity contribution in [3.63, 3.8) is 0 Å². The number of nitrogens with zero attached hydrogens (tertiary/aromatic N) is 1. The van der Waals surface area contributed by atoms with Gasteiger partial charge in [0.15, 0.2) is 0 Å². The van der Waals surface area contributed by atoms with Crippen LogP contribution in [0, 0.1) is 15.9 Å². The van der Waals surface area contributed by atoms with Crippen molar-refractivity contribution in [1.82, 2.24) is 4.72 Å². The molecule has 1 unspecified atom stereocenters.